The van der Waals surface area contributed by atoms with Gasteiger partial charge in [0.15, 0.2) is 0 Å². The Morgan fingerprint density at radius 2 is 0.831 bits per heavy atom. The van der Waals surface area contributed by atoms with Crippen molar-refractivity contribution >= 4 is 74.3 Å². The summed E-state index contributed by atoms with van der Waals surface area (Å²) in [4.78, 5) is 7.91. The summed E-state index contributed by atoms with van der Waals surface area (Å²) in [5.41, 5.74) is 27.7. The van der Waals surface area contributed by atoms with Gasteiger partial charge in [-0.25, -0.2) is 0 Å². The molecule has 0 spiro atoms. The van der Waals surface area contributed by atoms with E-state index >= 15 is 0 Å². The molecule has 77 heavy (non-hydrogen) atoms. The lowest BCUT2D eigenvalue weighted by atomic mass is 9.33. The lowest BCUT2D eigenvalue weighted by molar-refractivity contribution is 0.402. The summed E-state index contributed by atoms with van der Waals surface area (Å²) >= 11 is 0. The van der Waals surface area contributed by atoms with E-state index in [1.54, 1.807) is 0 Å². The predicted octanol–water partition coefficient (Wildman–Crippen LogP) is 17.8. The number of para-hydroxylation sites is 2. The first kappa shape index (κ1) is 49.8. The van der Waals surface area contributed by atoms with Crippen LogP contribution in [-0.2, 0) is 37.9 Å². The number of aryl methyl sites for hydroxylation is 1. The second kappa shape index (κ2) is 16.4. The van der Waals surface area contributed by atoms with Crippen molar-refractivity contribution in [1.82, 2.24) is 0 Å². The lowest BCUT2D eigenvalue weighted by Crippen LogP contribution is -2.62. The van der Waals surface area contributed by atoms with Crippen molar-refractivity contribution in [3.05, 3.63) is 214 Å². The van der Waals surface area contributed by atoms with E-state index in [4.69, 9.17) is 0 Å². The first-order valence-corrected chi connectivity index (χ1v) is 28.7. The highest BCUT2D eigenvalue weighted by molar-refractivity contribution is 7.00. The van der Waals surface area contributed by atoms with Crippen LogP contribution < -0.4 is 31.1 Å². The van der Waals surface area contributed by atoms with Gasteiger partial charge in [-0.3, -0.25) is 0 Å². The maximum Gasteiger partial charge on any atom is 0.252 e. The molecule has 0 radical (unpaired) electrons. The minimum absolute atomic E-state index is 0.00228. The smallest absolute Gasteiger partial charge is 0.252 e. The van der Waals surface area contributed by atoms with Gasteiger partial charge in [-0.1, -0.05) is 194 Å². The molecule has 3 nitrogen and oxygen atoms in total. The number of rotatable bonds is 7. The fourth-order valence-corrected chi connectivity index (χ4v) is 16.6. The van der Waals surface area contributed by atoms with E-state index in [-0.39, 0.29) is 44.6 Å². The Hall–Kier alpha value is -6.78. The van der Waals surface area contributed by atoms with Crippen LogP contribution in [0.15, 0.2) is 164 Å². The van der Waals surface area contributed by atoms with Gasteiger partial charge in [-0.05, 0) is 192 Å². The number of hydrogen-bond acceptors (Lipinski definition) is 3. The van der Waals surface area contributed by atoms with Crippen molar-refractivity contribution in [1.29, 1.82) is 0 Å². The molecule has 0 aromatic heterocycles. The molecule has 8 aromatic carbocycles. The Bertz CT molecular complexity index is 3690. The number of fused-ring (bicyclic) bond motifs is 7. The lowest BCUT2D eigenvalue weighted by Gasteiger charge is -2.46. The van der Waals surface area contributed by atoms with E-state index < -0.39 is 0 Å². The van der Waals surface area contributed by atoms with Gasteiger partial charge in [0.1, 0.15) is 0 Å². The van der Waals surface area contributed by atoms with Crippen molar-refractivity contribution in [2.24, 2.45) is 0 Å². The van der Waals surface area contributed by atoms with Gasteiger partial charge in [0.2, 0.25) is 0 Å². The third kappa shape index (κ3) is 7.43. The Kier molecular flexibility index (Phi) is 10.6. The fraction of sp³-hybridized carbons (Fsp3) is 0.342. The van der Waals surface area contributed by atoms with Gasteiger partial charge in [-0.2, -0.15) is 0 Å². The first-order valence-electron chi connectivity index (χ1n) is 28.7. The topological polar surface area (TPSA) is 9.72 Å². The molecule has 0 atom stereocenters. The largest absolute Gasteiger partial charge is 0.311 e. The zero-order valence-electron chi connectivity index (χ0n) is 48.6. The van der Waals surface area contributed by atoms with E-state index in [1.807, 2.05) is 0 Å². The summed E-state index contributed by atoms with van der Waals surface area (Å²) in [5, 5.41) is 0. The Balaban J connectivity index is 1.19. The van der Waals surface area contributed by atoms with Crippen LogP contribution in [-0.4, -0.2) is 6.71 Å². The highest BCUT2D eigenvalue weighted by Gasteiger charge is 2.51. The molecule has 0 unspecified atom stereocenters. The van der Waals surface area contributed by atoms with Gasteiger partial charge in [-0.15, -0.1) is 0 Å². The zero-order chi connectivity index (χ0) is 54.1. The molecule has 0 bridgehead atoms. The summed E-state index contributed by atoms with van der Waals surface area (Å²) in [7, 11) is 0. The minimum atomic E-state index is -0.251. The van der Waals surface area contributed by atoms with Crippen molar-refractivity contribution in [3.63, 3.8) is 0 Å². The van der Waals surface area contributed by atoms with E-state index in [0.29, 0.717) is 0 Å². The molecule has 0 saturated heterocycles. The number of benzene rings is 8. The average molecular weight is 1010 g/mol. The number of nitrogens with zero attached hydrogens (tertiary/aromatic N) is 3. The molecular weight excluding hydrogens is 930 g/mol. The molecule has 0 saturated carbocycles. The molecule has 0 N–H and O–H groups in total. The Morgan fingerprint density at radius 3 is 1.39 bits per heavy atom. The van der Waals surface area contributed by atoms with E-state index in [0.717, 1.165) is 36.3 Å². The van der Waals surface area contributed by atoms with Crippen LogP contribution in [0.25, 0.3) is 0 Å². The van der Waals surface area contributed by atoms with E-state index in [9.17, 15) is 0 Å². The van der Waals surface area contributed by atoms with E-state index in [2.05, 4.69) is 282 Å². The van der Waals surface area contributed by atoms with Crippen molar-refractivity contribution in [2.45, 2.75) is 161 Å². The van der Waals surface area contributed by atoms with E-state index in [1.165, 1.54) is 101 Å². The first-order chi connectivity index (χ1) is 36.3. The highest BCUT2D eigenvalue weighted by Crippen LogP contribution is 2.57. The SMILES string of the molecule is Cc1cc2c(cc1N1c3cc4c(cc3B3c5cc(C(C)(C)c6ccccc6)ccc5N(c5ccc6c(c5)C(C)(C)CC6(C)C)c5cc(N(c6ccccc6)c6ccccc6)cc1c53)C(C)(C)CC4(C)C)C(C)(C)CC2(C)C. The molecule has 5 aliphatic rings. The van der Waals surface area contributed by atoms with Crippen LogP contribution >= 0.6 is 0 Å². The molecular formula is C73H78BN3. The normalized spacial score (nSPS) is 19.0. The highest BCUT2D eigenvalue weighted by atomic mass is 15.2. The molecule has 2 heterocycles. The monoisotopic (exact) mass is 1010 g/mol. The number of anilines is 9. The van der Waals surface area contributed by atoms with Gasteiger partial charge in [0.05, 0.1) is 5.69 Å². The van der Waals surface area contributed by atoms with Gasteiger partial charge >= 0.3 is 0 Å². The van der Waals surface area contributed by atoms with Crippen LogP contribution in [0, 0.1) is 6.92 Å². The standard InChI is InChI=1S/C73H78BN3/c1-46-35-54-57(71(10,11)44-68(54,4)5)41-62(46)77-63-42-58-56(70(8,9)45-72(58,12)13)40-60(63)74-59-36-48(73(14,15)47-25-19-16-20-26-47)31-34-61(59)76(51-32-33-53-55(37-51)69(6,7)43-67(53,2)3)64-38-52(39-65(77)66(64)74)75(49-27-21-17-22-28-49)50-29-23-18-24-30-50/h16-42H,43-45H2,1-15H3. The third-order valence-electron chi connectivity index (χ3n) is 19.6. The van der Waals surface area contributed by atoms with Crippen LogP contribution in [0.5, 0.6) is 0 Å². The number of hydrogen-bond donors (Lipinski definition) is 0. The summed E-state index contributed by atoms with van der Waals surface area (Å²) in [6.45, 7) is 36.7. The summed E-state index contributed by atoms with van der Waals surface area (Å²) < 4.78 is 0. The average Bonchev–Trinajstić information content (AvgIpc) is 3.99. The summed E-state index contributed by atoms with van der Waals surface area (Å²) in [6.07, 6.45) is 3.32. The Morgan fingerprint density at radius 1 is 0.377 bits per heavy atom. The maximum atomic E-state index is 2.75. The minimum Gasteiger partial charge on any atom is -0.311 e. The second-order valence-corrected chi connectivity index (χ2v) is 28.5. The van der Waals surface area contributed by atoms with Crippen LogP contribution in [0.4, 0.5) is 51.2 Å². The molecule has 388 valence electrons. The van der Waals surface area contributed by atoms with Gasteiger partial charge < -0.3 is 14.7 Å². The molecule has 13 rings (SSSR count). The second-order valence-electron chi connectivity index (χ2n) is 28.5. The molecule has 4 heteroatoms. The molecule has 8 aromatic rings. The molecule has 3 aliphatic carbocycles. The maximum absolute atomic E-state index is 2.75. The van der Waals surface area contributed by atoms with Crippen molar-refractivity contribution < 1.29 is 0 Å². The molecule has 0 amide bonds. The zero-order valence-corrected chi connectivity index (χ0v) is 48.6. The fourth-order valence-electron chi connectivity index (χ4n) is 16.6. The van der Waals surface area contributed by atoms with Crippen molar-refractivity contribution in [3.8, 4) is 0 Å². The van der Waals surface area contributed by atoms with Crippen molar-refractivity contribution in [2.75, 3.05) is 14.7 Å². The summed E-state index contributed by atoms with van der Waals surface area (Å²) in [5.74, 6) is 0. The van der Waals surface area contributed by atoms with Crippen LogP contribution in [0.2, 0.25) is 0 Å². The Labute approximate surface area is 461 Å². The van der Waals surface area contributed by atoms with Gasteiger partial charge in [0, 0.05) is 50.9 Å². The quantitative estimate of drug-likeness (QED) is 0.147. The van der Waals surface area contributed by atoms with Crippen LogP contribution in [0.3, 0.4) is 0 Å². The molecule has 2 aliphatic heterocycles. The molecule has 0 fully saturated rings. The summed E-state index contributed by atoms with van der Waals surface area (Å²) in [6, 6.07) is 63.9. The van der Waals surface area contributed by atoms with Crippen LogP contribution in [0.1, 0.15) is 166 Å². The van der Waals surface area contributed by atoms with Gasteiger partial charge in [0.25, 0.3) is 6.71 Å². The third-order valence-corrected chi connectivity index (χ3v) is 19.6. The predicted molar refractivity (Wildman–Crippen MR) is 330 cm³/mol.